The number of hydrogen-bond donors (Lipinski definition) is 2. The maximum atomic E-state index is 4.01. The van der Waals surface area contributed by atoms with Crippen molar-refractivity contribution >= 4 is 15.9 Å². The topological polar surface area (TPSA) is 40.7 Å². The number of H-pyrrole nitrogens is 1. The van der Waals surface area contributed by atoms with Gasteiger partial charge in [-0.15, -0.1) is 0 Å². The van der Waals surface area contributed by atoms with E-state index in [1.807, 2.05) is 13.1 Å². The van der Waals surface area contributed by atoms with Crippen LogP contribution in [0.15, 0.2) is 34.9 Å². The minimum Gasteiger partial charge on any atom is -0.306 e. The highest BCUT2D eigenvalue weighted by Gasteiger charge is 2.06. The summed E-state index contributed by atoms with van der Waals surface area (Å²) in [6, 6.07) is 8.72. The molecule has 1 heterocycles. The van der Waals surface area contributed by atoms with Gasteiger partial charge in [0, 0.05) is 28.3 Å². The number of aryl methyl sites for hydroxylation is 1. The molecule has 0 saturated carbocycles. The maximum Gasteiger partial charge on any atom is 0.0535 e. The van der Waals surface area contributed by atoms with Crippen molar-refractivity contribution in [2.24, 2.45) is 0 Å². The Balaban J connectivity index is 1.95. The smallest absolute Gasteiger partial charge is 0.0535 e. The largest absolute Gasteiger partial charge is 0.306 e. The molecule has 0 aliphatic carbocycles. The van der Waals surface area contributed by atoms with E-state index in [9.17, 15) is 0 Å². The molecule has 17 heavy (non-hydrogen) atoms. The van der Waals surface area contributed by atoms with Gasteiger partial charge in [0.05, 0.1) is 6.20 Å². The van der Waals surface area contributed by atoms with Gasteiger partial charge in [0.25, 0.3) is 0 Å². The minimum absolute atomic E-state index is 0.331. The molecule has 2 N–H and O–H groups in total. The highest BCUT2D eigenvalue weighted by atomic mass is 79.9. The molecule has 0 bridgehead atoms. The molecule has 4 heteroatoms. The molecule has 90 valence electrons. The average molecular weight is 294 g/mol. The SMILES string of the molecule is Cc1[nH]ncc1CN[C@@H](C)c1ccc(Br)cc1. The molecule has 0 amide bonds. The van der Waals surface area contributed by atoms with Crippen LogP contribution in [0.4, 0.5) is 0 Å². The number of nitrogens with zero attached hydrogens (tertiary/aromatic N) is 1. The Morgan fingerprint density at radius 2 is 2.06 bits per heavy atom. The van der Waals surface area contributed by atoms with Crippen LogP contribution in [0.5, 0.6) is 0 Å². The summed E-state index contributed by atoms with van der Waals surface area (Å²) >= 11 is 3.44. The van der Waals surface area contributed by atoms with Gasteiger partial charge in [0.2, 0.25) is 0 Å². The third-order valence-corrected chi connectivity index (χ3v) is 3.43. The van der Waals surface area contributed by atoms with E-state index in [1.165, 1.54) is 11.1 Å². The molecule has 0 fully saturated rings. The normalized spacial score (nSPS) is 12.6. The Kier molecular flexibility index (Phi) is 3.97. The Morgan fingerprint density at radius 3 is 2.65 bits per heavy atom. The molecular weight excluding hydrogens is 278 g/mol. The number of rotatable bonds is 4. The summed E-state index contributed by atoms with van der Waals surface area (Å²) in [6.07, 6.45) is 1.87. The standard InChI is InChI=1S/C13H16BrN3/c1-9(11-3-5-13(14)6-4-11)15-7-12-8-16-17-10(12)2/h3-6,8-9,15H,7H2,1-2H3,(H,16,17)/t9-/m0/s1. The zero-order valence-corrected chi connectivity index (χ0v) is 11.6. The van der Waals surface area contributed by atoms with E-state index in [4.69, 9.17) is 0 Å². The third-order valence-electron chi connectivity index (χ3n) is 2.90. The second-order valence-electron chi connectivity index (χ2n) is 4.17. The lowest BCUT2D eigenvalue weighted by Gasteiger charge is -2.14. The van der Waals surface area contributed by atoms with Crippen molar-refractivity contribution in [3.05, 3.63) is 51.8 Å². The molecule has 0 unspecified atom stereocenters. The van der Waals surface area contributed by atoms with Crippen LogP contribution in [0.1, 0.15) is 29.8 Å². The predicted octanol–water partition coefficient (Wildman–Crippen LogP) is 3.33. The van der Waals surface area contributed by atoms with Gasteiger partial charge in [-0.2, -0.15) is 5.10 Å². The predicted molar refractivity (Wildman–Crippen MR) is 72.7 cm³/mol. The highest BCUT2D eigenvalue weighted by molar-refractivity contribution is 9.10. The zero-order chi connectivity index (χ0) is 12.3. The van der Waals surface area contributed by atoms with E-state index in [0.29, 0.717) is 6.04 Å². The lowest BCUT2D eigenvalue weighted by molar-refractivity contribution is 0.573. The fraction of sp³-hybridized carbons (Fsp3) is 0.308. The Labute approximate surface area is 110 Å². The first-order chi connectivity index (χ1) is 8.16. The van der Waals surface area contributed by atoms with Crippen molar-refractivity contribution in [2.75, 3.05) is 0 Å². The maximum absolute atomic E-state index is 4.01. The molecule has 3 nitrogen and oxygen atoms in total. The molecule has 0 saturated heterocycles. The van der Waals surface area contributed by atoms with Crippen LogP contribution in [0.25, 0.3) is 0 Å². The molecule has 2 rings (SSSR count). The van der Waals surface area contributed by atoms with Crippen molar-refractivity contribution in [1.82, 2.24) is 15.5 Å². The van der Waals surface area contributed by atoms with Crippen LogP contribution in [0.3, 0.4) is 0 Å². The highest BCUT2D eigenvalue weighted by Crippen LogP contribution is 2.17. The minimum atomic E-state index is 0.331. The van der Waals surface area contributed by atoms with Crippen LogP contribution >= 0.6 is 15.9 Å². The molecule has 0 aliphatic heterocycles. The van der Waals surface area contributed by atoms with Gasteiger partial charge in [-0.25, -0.2) is 0 Å². The van der Waals surface area contributed by atoms with Crippen molar-refractivity contribution in [1.29, 1.82) is 0 Å². The molecular formula is C13H16BrN3. The van der Waals surface area contributed by atoms with E-state index in [1.54, 1.807) is 0 Å². The van der Waals surface area contributed by atoms with Gasteiger partial charge in [0.1, 0.15) is 0 Å². The summed E-state index contributed by atoms with van der Waals surface area (Å²) in [5.74, 6) is 0. The quantitative estimate of drug-likeness (QED) is 0.908. The number of nitrogens with one attached hydrogen (secondary N) is 2. The van der Waals surface area contributed by atoms with Gasteiger partial charge in [-0.05, 0) is 31.5 Å². The first kappa shape index (κ1) is 12.3. The van der Waals surface area contributed by atoms with Crippen molar-refractivity contribution in [3.8, 4) is 0 Å². The first-order valence-corrected chi connectivity index (χ1v) is 6.44. The fourth-order valence-electron chi connectivity index (χ4n) is 1.69. The number of hydrogen-bond acceptors (Lipinski definition) is 2. The summed E-state index contributed by atoms with van der Waals surface area (Å²) in [7, 11) is 0. The molecule has 0 radical (unpaired) electrons. The molecule has 1 atom stereocenters. The summed E-state index contributed by atoms with van der Waals surface area (Å²) in [6.45, 7) is 5.03. The third kappa shape index (κ3) is 3.17. The summed E-state index contributed by atoms with van der Waals surface area (Å²) in [5, 5.41) is 10.4. The first-order valence-electron chi connectivity index (χ1n) is 5.64. The van der Waals surface area contributed by atoms with E-state index in [2.05, 4.69) is 62.6 Å². The lowest BCUT2D eigenvalue weighted by atomic mass is 10.1. The van der Waals surface area contributed by atoms with Crippen LogP contribution in [0, 0.1) is 6.92 Å². The second kappa shape index (κ2) is 5.47. The fourth-order valence-corrected chi connectivity index (χ4v) is 1.95. The van der Waals surface area contributed by atoms with Crippen molar-refractivity contribution in [2.45, 2.75) is 26.4 Å². The average Bonchev–Trinajstić information content (AvgIpc) is 2.73. The number of halogens is 1. The van der Waals surface area contributed by atoms with E-state index in [-0.39, 0.29) is 0 Å². The number of aromatic amines is 1. The Hall–Kier alpha value is -1.13. The van der Waals surface area contributed by atoms with Crippen LogP contribution in [-0.2, 0) is 6.54 Å². The Bertz CT molecular complexity index is 476. The molecule has 0 spiro atoms. The van der Waals surface area contributed by atoms with Gasteiger partial charge < -0.3 is 5.32 Å². The number of aromatic nitrogens is 2. The Morgan fingerprint density at radius 1 is 1.35 bits per heavy atom. The number of benzene rings is 1. The van der Waals surface area contributed by atoms with Crippen LogP contribution in [-0.4, -0.2) is 10.2 Å². The van der Waals surface area contributed by atoms with E-state index < -0.39 is 0 Å². The van der Waals surface area contributed by atoms with Gasteiger partial charge in [-0.3, -0.25) is 5.10 Å². The summed E-state index contributed by atoms with van der Waals surface area (Å²) in [5.41, 5.74) is 3.63. The van der Waals surface area contributed by atoms with Gasteiger partial charge in [0.15, 0.2) is 0 Å². The van der Waals surface area contributed by atoms with E-state index in [0.717, 1.165) is 16.7 Å². The van der Waals surface area contributed by atoms with Crippen molar-refractivity contribution < 1.29 is 0 Å². The van der Waals surface area contributed by atoms with Gasteiger partial charge in [-0.1, -0.05) is 28.1 Å². The molecule has 1 aromatic carbocycles. The van der Waals surface area contributed by atoms with Gasteiger partial charge >= 0.3 is 0 Å². The second-order valence-corrected chi connectivity index (χ2v) is 5.09. The van der Waals surface area contributed by atoms with E-state index >= 15 is 0 Å². The zero-order valence-electron chi connectivity index (χ0n) is 10.00. The lowest BCUT2D eigenvalue weighted by Crippen LogP contribution is -2.18. The van der Waals surface area contributed by atoms with Crippen LogP contribution in [0.2, 0.25) is 0 Å². The molecule has 2 aromatic rings. The van der Waals surface area contributed by atoms with Crippen molar-refractivity contribution in [3.63, 3.8) is 0 Å². The molecule has 0 aliphatic rings. The molecule has 1 aromatic heterocycles. The summed E-state index contributed by atoms with van der Waals surface area (Å²) in [4.78, 5) is 0. The van der Waals surface area contributed by atoms with Crippen LogP contribution < -0.4 is 5.32 Å². The summed E-state index contributed by atoms with van der Waals surface area (Å²) < 4.78 is 1.11. The monoisotopic (exact) mass is 293 g/mol.